The molecule has 2 rings (SSSR count). The molecule has 1 heterocycles. The van der Waals surface area contributed by atoms with Gasteiger partial charge in [-0.1, -0.05) is 24.0 Å². The standard InChI is InChI=1S/C12H9NO4S2/c1-17-7-2-3-8(11(15)16)6(4-7)5-9-10(14)13-12(18)19-9/h2-5H,1H3,(H,15,16)(H,13,14,18)/b9-5+. The number of carbonyl (C=O) groups is 2. The van der Waals surface area contributed by atoms with E-state index in [1.54, 1.807) is 12.1 Å². The maximum Gasteiger partial charge on any atom is 0.336 e. The number of carboxylic acids is 1. The second-order valence-electron chi connectivity index (χ2n) is 3.61. The largest absolute Gasteiger partial charge is 0.497 e. The van der Waals surface area contributed by atoms with E-state index in [2.05, 4.69) is 5.32 Å². The van der Waals surface area contributed by atoms with Gasteiger partial charge in [-0.05, 0) is 29.8 Å². The number of ether oxygens (including phenoxy) is 1. The Morgan fingerprint density at radius 2 is 2.26 bits per heavy atom. The van der Waals surface area contributed by atoms with Crippen LogP contribution >= 0.6 is 24.0 Å². The lowest BCUT2D eigenvalue weighted by atomic mass is 10.1. The van der Waals surface area contributed by atoms with Gasteiger partial charge in [-0.15, -0.1) is 0 Å². The molecule has 0 bridgehead atoms. The highest BCUT2D eigenvalue weighted by Crippen LogP contribution is 2.28. The van der Waals surface area contributed by atoms with Crippen LogP contribution in [0.2, 0.25) is 0 Å². The van der Waals surface area contributed by atoms with Gasteiger partial charge in [-0.2, -0.15) is 0 Å². The zero-order valence-electron chi connectivity index (χ0n) is 9.80. The number of amides is 1. The molecule has 19 heavy (non-hydrogen) atoms. The molecular weight excluding hydrogens is 286 g/mol. The van der Waals surface area contributed by atoms with E-state index in [1.807, 2.05) is 0 Å². The number of thioether (sulfide) groups is 1. The van der Waals surface area contributed by atoms with Crippen LogP contribution in [0.5, 0.6) is 5.75 Å². The SMILES string of the molecule is COc1ccc(C(=O)O)c(/C=C2/SC(=S)NC2=O)c1. The summed E-state index contributed by atoms with van der Waals surface area (Å²) >= 11 is 5.97. The Morgan fingerprint density at radius 3 is 2.79 bits per heavy atom. The molecule has 0 unspecified atom stereocenters. The molecule has 5 nitrogen and oxygen atoms in total. The van der Waals surface area contributed by atoms with Crippen LogP contribution < -0.4 is 10.1 Å². The van der Waals surface area contributed by atoms with Gasteiger partial charge in [0.25, 0.3) is 5.91 Å². The average molecular weight is 295 g/mol. The predicted octanol–water partition coefficient (Wildman–Crippen LogP) is 1.88. The lowest BCUT2D eigenvalue weighted by molar-refractivity contribution is -0.115. The minimum Gasteiger partial charge on any atom is -0.497 e. The van der Waals surface area contributed by atoms with Crippen molar-refractivity contribution in [2.45, 2.75) is 0 Å². The van der Waals surface area contributed by atoms with Crippen LogP contribution in [0.1, 0.15) is 15.9 Å². The molecule has 7 heteroatoms. The van der Waals surface area contributed by atoms with E-state index in [-0.39, 0.29) is 11.5 Å². The second-order valence-corrected chi connectivity index (χ2v) is 5.33. The van der Waals surface area contributed by atoms with Gasteiger partial charge in [0.15, 0.2) is 0 Å². The van der Waals surface area contributed by atoms with Crippen molar-refractivity contribution in [3.63, 3.8) is 0 Å². The predicted molar refractivity (Wildman–Crippen MR) is 76.3 cm³/mol. The number of methoxy groups -OCH3 is 1. The fourth-order valence-electron chi connectivity index (χ4n) is 1.54. The molecule has 1 aromatic rings. The van der Waals surface area contributed by atoms with Crippen molar-refractivity contribution in [1.82, 2.24) is 5.32 Å². The Balaban J connectivity index is 2.48. The lowest BCUT2D eigenvalue weighted by Crippen LogP contribution is -2.17. The molecule has 1 saturated heterocycles. The molecule has 1 aliphatic heterocycles. The second kappa shape index (κ2) is 5.41. The summed E-state index contributed by atoms with van der Waals surface area (Å²) in [5.41, 5.74) is 0.494. The molecular formula is C12H9NO4S2. The fraction of sp³-hybridized carbons (Fsp3) is 0.0833. The summed E-state index contributed by atoms with van der Waals surface area (Å²) in [5, 5.41) is 11.6. The van der Waals surface area contributed by atoms with Crippen molar-refractivity contribution in [3.05, 3.63) is 34.2 Å². The van der Waals surface area contributed by atoms with Crippen molar-refractivity contribution < 1.29 is 19.4 Å². The third kappa shape index (κ3) is 2.94. The van der Waals surface area contributed by atoms with Crippen LogP contribution in [0, 0.1) is 0 Å². The topological polar surface area (TPSA) is 75.6 Å². The Hall–Kier alpha value is -1.86. The number of benzene rings is 1. The monoisotopic (exact) mass is 295 g/mol. The average Bonchev–Trinajstić information content (AvgIpc) is 2.67. The number of hydrogen-bond donors (Lipinski definition) is 2. The lowest BCUT2D eigenvalue weighted by Gasteiger charge is -2.05. The van der Waals surface area contributed by atoms with Crippen molar-refractivity contribution in [3.8, 4) is 5.75 Å². The van der Waals surface area contributed by atoms with E-state index in [1.165, 1.54) is 19.3 Å². The first-order valence-electron chi connectivity index (χ1n) is 5.17. The zero-order chi connectivity index (χ0) is 14.0. The van der Waals surface area contributed by atoms with Gasteiger partial charge in [0.2, 0.25) is 0 Å². The van der Waals surface area contributed by atoms with Gasteiger partial charge in [-0.25, -0.2) is 4.79 Å². The third-order valence-electron chi connectivity index (χ3n) is 2.42. The van der Waals surface area contributed by atoms with Crippen LogP contribution in [0.4, 0.5) is 0 Å². The minimum atomic E-state index is -1.07. The van der Waals surface area contributed by atoms with Gasteiger partial charge in [0.05, 0.1) is 17.6 Å². The van der Waals surface area contributed by atoms with Gasteiger partial charge >= 0.3 is 5.97 Å². The van der Waals surface area contributed by atoms with Gasteiger partial charge < -0.3 is 15.2 Å². The number of carboxylic acid groups (broad SMARTS) is 1. The molecule has 2 N–H and O–H groups in total. The zero-order valence-corrected chi connectivity index (χ0v) is 11.4. The van der Waals surface area contributed by atoms with Gasteiger partial charge in [0.1, 0.15) is 10.1 Å². The molecule has 0 aromatic heterocycles. The summed E-state index contributed by atoms with van der Waals surface area (Å²) in [6.45, 7) is 0. The molecule has 0 atom stereocenters. The van der Waals surface area contributed by atoms with Crippen molar-refractivity contribution in [2.75, 3.05) is 7.11 Å². The number of aromatic carboxylic acids is 1. The molecule has 0 saturated carbocycles. The first-order chi connectivity index (χ1) is 9.01. The highest BCUT2D eigenvalue weighted by Gasteiger charge is 2.23. The van der Waals surface area contributed by atoms with Crippen LogP contribution in [0.25, 0.3) is 6.08 Å². The maximum atomic E-state index is 11.6. The van der Waals surface area contributed by atoms with E-state index >= 15 is 0 Å². The Labute approximate surface area is 118 Å². The molecule has 1 fully saturated rings. The van der Waals surface area contributed by atoms with Crippen molar-refractivity contribution in [2.24, 2.45) is 0 Å². The summed E-state index contributed by atoms with van der Waals surface area (Å²) < 4.78 is 5.40. The number of thiocarbonyl (C=S) groups is 1. The molecule has 0 radical (unpaired) electrons. The number of rotatable bonds is 3. The Morgan fingerprint density at radius 1 is 1.53 bits per heavy atom. The van der Waals surface area contributed by atoms with E-state index in [0.29, 0.717) is 20.5 Å². The first-order valence-corrected chi connectivity index (χ1v) is 6.40. The highest BCUT2D eigenvalue weighted by atomic mass is 32.2. The van der Waals surface area contributed by atoms with E-state index < -0.39 is 5.97 Å². The molecule has 0 spiro atoms. The first kappa shape index (κ1) is 13.6. The number of carbonyl (C=O) groups excluding carboxylic acids is 1. The summed E-state index contributed by atoms with van der Waals surface area (Å²) in [6.07, 6.45) is 1.49. The maximum absolute atomic E-state index is 11.6. The quantitative estimate of drug-likeness (QED) is 0.655. The normalized spacial score (nSPS) is 16.6. The molecule has 98 valence electrons. The molecule has 1 aromatic carbocycles. The van der Waals surface area contributed by atoms with Crippen LogP contribution in [0.3, 0.4) is 0 Å². The molecule has 1 aliphatic rings. The van der Waals surface area contributed by atoms with E-state index in [4.69, 9.17) is 22.1 Å². The Bertz CT molecular complexity index is 610. The fourth-order valence-corrected chi connectivity index (χ4v) is 2.58. The van der Waals surface area contributed by atoms with E-state index in [9.17, 15) is 9.59 Å². The van der Waals surface area contributed by atoms with E-state index in [0.717, 1.165) is 11.8 Å². The summed E-state index contributed by atoms with van der Waals surface area (Å²) in [4.78, 5) is 23.1. The van der Waals surface area contributed by atoms with Gasteiger partial charge in [-0.3, -0.25) is 4.79 Å². The smallest absolute Gasteiger partial charge is 0.336 e. The van der Waals surface area contributed by atoms with Gasteiger partial charge in [0, 0.05) is 0 Å². The number of hydrogen-bond acceptors (Lipinski definition) is 5. The summed E-state index contributed by atoms with van der Waals surface area (Å²) in [7, 11) is 1.48. The highest BCUT2D eigenvalue weighted by molar-refractivity contribution is 8.26. The third-order valence-corrected chi connectivity index (χ3v) is 3.58. The summed E-state index contributed by atoms with van der Waals surface area (Å²) in [6, 6.07) is 4.55. The number of nitrogens with one attached hydrogen (secondary N) is 1. The molecule has 0 aliphatic carbocycles. The molecule has 1 amide bonds. The van der Waals surface area contributed by atoms with Crippen LogP contribution in [-0.4, -0.2) is 28.4 Å². The van der Waals surface area contributed by atoms with Crippen LogP contribution in [0.15, 0.2) is 23.1 Å². The Kier molecular flexibility index (Phi) is 3.87. The van der Waals surface area contributed by atoms with Crippen molar-refractivity contribution in [1.29, 1.82) is 0 Å². The van der Waals surface area contributed by atoms with Crippen LogP contribution in [-0.2, 0) is 4.79 Å². The summed E-state index contributed by atoms with van der Waals surface area (Å²) in [5.74, 6) is -0.877. The minimum absolute atomic E-state index is 0.0968. The van der Waals surface area contributed by atoms with Crippen molar-refractivity contribution >= 4 is 46.3 Å².